The molecule has 0 aromatic rings. The highest BCUT2D eigenvalue weighted by Gasteiger charge is 1.91. The van der Waals surface area contributed by atoms with Crippen LogP contribution in [0.15, 0.2) is 48.6 Å². The molecule has 136 valence electrons. The molecular formula is C22H36O2. The predicted molar refractivity (Wildman–Crippen MR) is 105 cm³/mol. The molecule has 2 heteroatoms. The molecule has 0 aromatic heterocycles. The second kappa shape index (κ2) is 19.5. The van der Waals surface area contributed by atoms with Gasteiger partial charge in [-0.05, 0) is 57.8 Å². The summed E-state index contributed by atoms with van der Waals surface area (Å²) >= 11 is 0. The summed E-state index contributed by atoms with van der Waals surface area (Å²) in [6, 6.07) is 0. The van der Waals surface area contributed by atoms with Crippen LogP contribution in [0.1, 0.15) is 84.0 Å². The summed E-state index contributed by atoms with van der Waals surface area (Å²) in [4.78, 5) is 10.3. The zero-order chi connectivity index (χ0) is 17.7. The third kappa shape index (κ3) is 20.4. The van der Waals surface area contributed by atoms with Crippen molar-refractivity contribution in [1.82, 2.24) is 0 Å². The summed E-state index contributed by atoms with van der Waals surface area (Å²) < 4.78 is 0. The Labute approximate surface area is 149 Å². The largest absolute Gasteiger partial charge is 0.481 e. The number of carboxylic acid groups (broad SMARTS) is 1. The number of hydrogen-bond donors (Lipinski definition) is 1. The maximum Gasteiger partial charge on any atom is 0.303 e. The average Bonchev–Trinajstić information content (AvgIpc) is 2.56. The first-order valence-corrected chi connectivity index (χ1v) is 9.59. The first-order valence-electron chi connectivity index (χ1n) is 9.59. The Morgan fingerprint density at radius 2 is 1.08 bits per heavy atom. The number of carboxylic acids is 1. The Kier molecular flexibility index (Phi) is 18.2. The standard InChI is InChI=1S/C22H36O2/c1-2-3-4-5-6-7-8-9-10-11-12-13-14-15-16-17-18-19-20-21-22(23)24/h6-7,9-10,12-13,18-19H,2-5,8,11,14-17,20-21H2,1H3,(H,23,24)/b7-6+,10-9+,13-12+,19-18-. The minimum Gasteiger partial charge on any atom is -0.481 e. The van der Waals surface area contributed by atoms with Crippen molar-refractivity contribution in [2.75, 3.05) is 0 Å². The van der Waals surface area contributed by atoms with Crippen molar-refractivity contribution in [3.8, 4) is 0 Å². The molecule has 0 aliphatic heterocycles. The predicted octanol–water partition coefficient (Wildman–Crippen LogP) is 7.00. The molecule has 1 N–H and O–H groups in total. The Bertz CT molecular complexity index is 389. The monoisotopic (exact) mass is 332 g/mol. The number of carbonyl (C=O) groups is 1. The van der Waals surface area contributed by atoms with E-state index in [0.29, 0.717) is 6.42 Å². The summed E-state index contributed by atoms with van der Waals surface area (Å²) in [6.07, 6.45) is 30.3. The highest BCUT2D eigenvalue weighted by molar-refractivity contribution is 5.66. The first kappa shape index (κ1) is 22.4. The van der Waals surface area contributed by atoms with Gasteiger partial charge in [-0.2, -0.15) is 0 Å². The topological polar surface area (TPSA) is 37.3 Å². The van der Waals surface area contributed by atoms with Gasteiger partial charge in [-0.1, -0.05) is 68.4 Å². The van der Waals surface area contributed by atoms with E-state index in [-0.39, 0.29) is 6.42 Å². The van der Waals surface area contributed by atoms with E-state index in [9.17, 15) is 4.79 Å². The Morgan fingerprint density at radius 3 is 1.58 bits per heavy atom. The number of rotatable bonds is 16. The van der Waals surface area contributed by atoms with Crippen molar-refractivity contribution in [2.45, 2.75) is 84.0 Å². The molecule has 0 saturated heterocycles. The van der Waals surface area contributed by atoms with Gasteiger partial charge in [-0.3, -0.25) is 4.79 Å². The van der Waals surface area contributed by atoms with Crippen LogP contribution in [0, 0.1) is 0 Å². The van der Waals surface area contributed by atoms with E-state index in [1.807, 2.05) is 6.08 Å². The molecule has 0 spiro atoms. The van der Waals surface area contributed by atoms with Gasteiger partial charge >= 0.3 is 5.97 Å². The SMILES string of the molecule is CCCCC/C=C/C/C=C/C/C=C/CCCC/C=C\CCC(=O)O. The van der Waals surface area contributed by atoms with Crippen LogP contribution in [0.2, 0.25) is 0 Å². The van der Waals surface area contributed by atoms with Gasteiger partial charge in [0.2, 0.25) is 0 Å². The van der Waals surface area contributed by atoms with Crippen molar-refractivity contribution in [2.24, 2.45) is 0 Å². The molecule has 0 radical (unpaired) electrons. The fourth-order valence-electron chi connectivity index (χ4n) is 2.26. The fourth-order valence-corrected chi connectivity index (χ4v) is 2.26. The van der Waals surface area contributed by atoms with E-state index in [1.54, 1.807) is 0 Å². The van der Waals surface area contributed by atoms with Crippen LogP contribution in [0.3, 0.4) is 0 Å². The highest BCUT2D eigenvalue weighted by Crippen LogP contribution is 2.04. The molecule has 0 atom stereocenters. The zero-order valence-corrected chi connectivity index (χ0v) is 15.5. The zero-order valence-electron chi connectivity index (χ0n) is 15.5. The molecular weight excluding hydrogens is 296 g/mol. The van der Waals surface area contributed by atoms with E-state index >= 15 is 0 Å². The molecule has 0 amide bonds. The van der Waals surface area contributed by atoms with Gasteiger partial charge in [0.15, 0.2) is 0 Å². The number of aliphatic carboxylic acids is 1. The van der Waals surface area contributed by atoms with E-state index in [2.05, 4.69) is 49.5 Å². The first-order chi connectivity index (χ1) is 11.8. The van der Waals surface area contributed by atoms with Crippen molar-refractivity contribution in [3.05, 3.63) is 48.6 Å². The van der Waals surface area contributed by atoms with Crippen LogP contribution >= 0.6 is 0 Å². The third-order valence-electron chi connectivity index (χ3n) is 3.70. The van der Waals surface area contributed by atoms with Crippen LogP contribution in [-0.2, 0) is 4.79 Å². The van der Waals surface area contributed by atoms with Crippen LogP contribution in [0.25, 0.3) is 0 Å². The van der Waals surface area contributed by atoms with Gasteiger partial charge in [0, 0.05) is 6.42 Å². The second-order valence-corrected chi connectivity index (χ2v) is 6.07. The normalized spacial score (nSPS) is 12.4. The van der Waals surface area contributed by atoms with E-state index in [1.165, 1.54) is 38.5 Å². The van der Waals surface area contributed by atoms with E-state index < -0.39 is 5.97 Å². The Balaban J connectivity index is 3.34. The molecule has 0 aliphatic rings. The fraction of sp³-hybridized carbons (Fsp3) is 0.591. The molecule has 0 rings (SSSR count). The Hall–Kier alpha value is -1.57. The van der Waals surface area contributed by atoms with Crippen molar-refractivity contribution >= 4 is 5.97 Å². The van der Waals surface area contributed by atoms with Crippen LogP contribution in [0.5, 0.6) is 0 Å². The minimum absolute atomic E-state index is 0.238. The van der Waals surface area contributed by atoms with Gasteiger partial charge in [0.05, 0.1) is 0 Å². The second-order valence-electron chi connectivity index (χ2n) is 6.07. The molecule has 0 unspecified atom stereocenters. The van der Waals surface area contributed by atoms with Crippen LogP contribution in [0.4, 0.5) is 0 Å². The van der Waals surface area contributed by atoms with E-state index in [4.69, 9.17) is 5.11 Å². The molecule has 0 aromatic carbocycles. The average molecular weight is 333 g/mol. The van der Waals surface area contributed by atoms with Crippen molar-refractivity contribution in [3.63, 3.8) is 0 Å². The smallest absolute Gasteiger partial charge is 0.303 e. The maximum absolute atomic E-state index is 10.3. The Morgan fingerprint density at radius 1 is 0.667 bits per heavy atom. The van der Waals surface area contributed by atoms with Gasteiger partial charge < -0.3 is 5.11 Å². The van der Waals surface area contributed by atoms with Gasteiger partial charge in [-0.15, -0.1) is 0 Å². The molecule has 2 nitrogen and oxygen atoms in total. The van der Waals surface area contributed by atoms with Crippen molar-refractivity contribution < 1.29 is 9.90 Å². The van der Waals surface area contributed by atoms with Crippen LogP contribution in [-0.4, -0.2) is 11.1 Å². The summed E-state index contributed by atoms with van der Waals surface area (Å²) in [5, 5.41) is 8.51. The lowest BCUT2D eigenvalue weighted by Gasteiger charge is -1.93. The van der Waals surface area contributed by atoms with Gasteiger partial charge in [0.1, 0.15) is 0 Å². The molecule has 0 heterocycles. The molecule has 24 heavy (non-hydrogen) atoms. The third-order valence-corrected chi connectivity index (χ3v) is 3.70. The summed E-state index contributed by atoms with van der Waals surface area (Å²) in [5.74, 6) is -0.721. The highest BCUT2D eigenvalue weighted by atomic mass is 16.4. The van der Waals surface area contributed by atoms with Crippen molar-refractivity contribution in [1.29, 1.82) is 0 Å². The summed E-state index contributed by atoms with van der Waals surface area (Å²) in [6.45, 7) is 2.24. The summed E-state index contributed by atoms with van der Waals surface area (Å²) in [5.41, 5.74) is 0. The lowest BCUT2D eigenvalue weighted by molar-refractivity contribution is -0.136. The van der Waals surface area contributed by atoms with E-state index in [0.717, 1.165) is 25.7 Å². The van der Waals surface area contributed by atoms with Gasteiger partial charge in [-0.25, -0.2) is 0 Å². The molecule has 0 saturated carbocycles. The van der Waals surface area contributed by atoms with Gasteiger partial charge in [0.25, 0.3) is 0 Å². The summed E-state index contributed by atoms with van der Waals surface area (Å²) in [7, 11) is 0. The number of unbranched alkanes of at least 4 members (excludes halogenated alkanes) is 6. The minimum atomic E-state index is -0.721. The lowest BCUT2D eigenvalue weighted by Crippen LogP contribution is -1.91. The lowest BCUT2D eigenvalue weighted by atomic mass is 10.1. The maximum atomic E-state index is 10.3. The number of allylic oxidation sites excluding steroid dienone is 8. The molecule has 0 fully saturated rings. The quantitative estimate of drug-likeness (QED) is 0.244. The molecule has 0 aliphatic carbocycles. The molecule has 0 bridgehead atoms. The van der Waals surface area contributed by atoms with Crippen LogP contribution < -0.4 is 0 Å². The number of hydrogen-bond acceptors (Lipinski definition) is 1.